The van der Waals surface area contributed by atoms with Gasteiger partial charge in [-0.05, 0) is 25.2 Å². The Labute approximate surface area is 77.1 Å². The van der Waals surface area contributed by atoms with Gasteiger partial charge in [0.25, 0.3) is 0 Å². The number of aliphatic hydroxyl groups is 1. The third kappa shape index (κ3) is 0.725. The van der Waals surface area contributed by atoms with Gasteiger partial charge in [0, 0.05) is 5.41 Å². The number of hydrogen-bond acceptors (Lipinski definition) is 3. The molecule has 0 aromatic carbocycles. The molecular weight excluding hydrogens is 168 g/mol. The van der Waals surface area contributed by atoms with Crippen LogP contribution >= 0.6 is 0 Å². The van der Waals surface area contributed by atoms with Crippen molar-refractivity contribution in [1.82, 2.24) is 0 Å². The maximum Gasteiger partial charge on any atom is 0.310 e. The SMILES string of the molecule is C[C@]12CC[C@@H]3C[C@H]1C(=O)O[C@H]2C3O. The number of fused-ring (bicyclic) bond motifs is 1. The molecule has 3 nitrogen and oxygen atoms in total. The van der Waals surface area contributed by atoms with Crippen molar-refractivity contribution < 1.29 is 14.6 Å². The van der Waals surface area contributed by atoms with Gasteiger partial charge in [-0.3, -0.25) is 4.79 Å². The van der Waals surface area contributed by atoms with Crippen LogP contribution in [0.5, 0.6) is 0 Å². The molecule has 1 saturated heterocycles. The second-order valence-electron chi connectivity index (χ2n) is 4.94. The summed E-state index contributed by atoms with van der Waals surface area (Å²) in [5.74, 6) is 0.302. The molecule has 72 valence electrons. The highest BCUT2D eigenvalue weighted by molar-refractivity contribution is 5.77. The molecule has 1 unspecified atom stereocenters. The number of carbonyl (C=O) groups is 1. The smallest absolute Gasteiger partial charge is 0.310 e. The third-order valence-corrected chi connectivity index (χ3v) is 4.36. The van der Waals surface area contributed by atoms with Crippen molar-refractivity contribution in [2.45, 2.75) is 38.4 Å². The van der Waals surface area contributed by atoms with Crippen LogP contribution in [0.4, 0.5) is 0 Å². The van der Waals surface area contributed by atoms with Crippen LogP contribution in [0.25, 0.3) is 0 Å². The van der Waals surface area contributed by atoms with Crippen molar-refractivity contribution in [3.63, 3.8) is 0 Å². The first-order valence-corrected chi connectivity index (χ1v) is 5.01. The van der Waals surface area contributed by atoms with E-state index in [1.165, 1.54) is 0 Å². The van der Waals surface area contributed by atoms with Crippen LogP contribution in [0.3, 0.4) is 0 Å². The molecule has 13 heavy (non-hydrogen) atoms. The van der Waals surface area contributed by atoms with E-state index in [1.807, 2.05) is 0 Å². The molecule has 1 aliphatic heterocycles. The normalized spacial score (nSPS) is 58.2. The molecule has 3 saturated carbocycles. The van der Waals surface area contributed by atoms with E-state index in [1.54, 1.807) is 0 Å². The fourth-order valence-corrected chi connectivity index (χ4v) is 3.43. The Bertz CT molecular complexity index is 275. The zero-order chi connectivity index (χ0) is 9.22. The van der Waals surface area contributed by atoms with Gasteiger partial charge in [-0.25, -0.2) is 0 Å². The van der Waals surface area contributed by atoms with Gasteiger partial charge in [0.15, 0.2) is 0 Å². The monoisotopic (exact) mass is 182 g/mol. The van der Waals surface area contributed by atoms with E-state index in [2.05, 4.69) is 6.92 Å². The largest absolute Gasteiger partial charge is 0.459 e. The van der Waals surface area contributed by atoms with Gasteiger partial charge in [-0.1, -0.05) is 6.92 Å². The molecule has 1 heterocycles. The maximum atomic E-state index is 11.5. The number of aliphatic hydroxyl groups excluding tert-OH is 1. The van der Waals surface area contributed by atoms with Gasteiger partial charge in [0.05, 0.1) is 12.0 Å². The van der Waals surface area contributed by atoms with Gasteiger partial charge >= 0.3 is 5.97 Å². The second-order valence-corrected chi connectivity index (χ2v) is 4.94. The van der Waals surface area contributed by atoms with E-state index in [0.29, 0.717) is 5.92 Å². The summed E-state index contributed by atoms with van der Waals surface area (Å²) in [4.78, 5) is 11.5. The number of esters is 1. The Kier molecular flexibility index (Phi) is 1.25. The van der Waals surface area contributed by atoms with E-state index < -0.39 is 6.10 Å². The Hall–Kier alpha value is -0.570. The summed E-state index contributed by atoms with van der Waals surface area (Å²) >= 11 is 0. The summed E-state index contributed by atoms with van der Waals surface area (Å²) < 4.78 is 5.25. The molecule has 4 bridgehead atoms. The fraction of sp³-hybridized carbons (Fsp3) is 0.900. The average Bonchev–Trinajstić information content (AvgIpc) is 2.29. The predicted molar refractivity (Wildman–Crippen MR) is 44.8 cm³/mol. The van der Waals surface area contributed by atoms with Crippen LogP contribution in [0.2, 0.25) is 0 Å². The maximum absolute atomic E-state index is 11.5. The van der Waals surface area contributed by atoms with E-state index in [4.69, 9.17) is 4.74 Å². The summed E-state index contributed by atoms with van der Waals surface area (Å²) in [6.45, 7) is 2.09. The highest BCUT2D eigenvalue weighted by Gasteiger charge is 2.64. The van der Waals surface area contributed by atoms with Crippen molar-refractivity contribution in [3.05, 3.63) is 0 Å². The van der Waals surface area contributed by atoms with Gasteiger partial charge in [0.1, 0.15) is 6.10 Å². The number of rotatable bonds is 0. The zero-order valence-electron chi connectivity index (χ0n) is 7.69. The van der Waals surface area contributed by atoms with Crippen LogP contribution in [0.15, 0.2) is 0 Å². The van der Waals surface area contributed by atoms with E-state index >= 15 is 0 Å². The standard InChI is InChI=1S/C10H14O3/c1-10-3-2-5-4-6(10)9(12)13-8(10)7(5)11/h5-8,11H,2-4H2,1H3/t5-,6+,7?,8+,10+/m1/s1. The van der Waals surface area contributed by atoms with E-state index in [-0.39, 0.29) is 23.4 Å². The van der Waals surface area contributed by atoms with Crippen molar-refractivity contribution in [3.8, 4) is 0 Å². The summed E-state index contributed by atoms with van der Waals surface area (Å²) in [5, 5.41) is 9.89. The van der Waals surface area contributed by atoms with Gasteiger partial charge in [0.2, 0.25) is 0 Å². The molecule has 0 spiro atoms. The topological polar surface area (TPSA) is 46.5 Å². The minimum atomic E-state index is -0.401. The molecule has 4 rings (SSSR count). The van der Waals surface area contributed by atoms with Gasteiger partial charge < -0.3 is 9.84 Å². The highest BCUT2D eigenvalue weighted by Crippen LogP contribution is 2.58. The second kappa shape index (κ2) is 2.08. The molecule has 5 atom stereocenters. The summed E-state index contributed by atoms with van der Waals surface area (Å²) in [5.41, 5.74) is -0.0642. The molecule has 1 N–H and O–H groups in total. The fourth-order valence-electron chi connectivity index (χ4n) is 3.43. The first kappa shape index (κ1) is 7.80. The van der Waals surface area contributed by atoms with Gasteiger partial charge in [-0.2, -0.15) is 0 Å². The Morgan fingerprint density at radius 1 is 1.62 bits per heavy atom. The summed E-state index contributed by atoms with van der Waals surface area (Å²) in [7, 11) is 0. The number of carbonyl (C=O) groups excluding carboxylic acids is 1. The highest BCUT2D eigenvalue weighted by atomic mass is 16.6. The van der Waals surface area contributed by atoms with E-state index in [0.717, 1.165) is 19.3 Å². The Morgan fingerprint density at radius 2 is 2.38 bits per heavy atom. The number of hydrogen-bond donors (Lipinski definition) is 1. The first-order chi connectivity index (χ1) is 6.13. The minimum absolute atomic E-state index is 0.0642. The molecule has 0 amide bonds. The lowest BCUT2D eigenvalue weighted by Gasteiger charge is -2.49. The van der Waals surface area contributed by atoms with Gasteiger partial charge in [-0.15, -0.1) is 0 Å². The lowest BCUT2D eigenvalue weighted by atomic mass is 9.55. The molecule has 3 aliphatic carbocycles. The van der Waals surface area contributed by atoms with Crippen molar-refractivity contribution >= 4 is 5.97 Å². The molecule has 4 aliphatic rings. The van der Waals surface area contributed by atoms with Crippen LogP contribution in [0.1, 0.15) is 26.2 Å². The molecule has 4 fully saturated rings. The van der Waals surface area contributed by atoms with Crippen molar-refractivity contribution in [2.75, 3.05) is 0 Å². The molecule has 3 heteroatoms. The number of ether oxygens (including phenoxy) is 1. The van der Waals surface area contributed by atoms with E-state index in [9.17, 15) is 9.90 Å². The van der Waals surface area contributed by atoms with Crippen molar-refractivity contribution in [2.24, 2.45) is 17.3 Å². The summed E-state index contributed by atoms with van der Waals surface area (Å²) in [6.07, 6.45) is 2.32. The van der Waals surface area contributed by atoms with Crippen LogP contribution in [-0.2, 0) is 9.53 Å². The first-order valence-electron chi connectivity index (χ1n) is 5.01. The summed E-state index contributed by atoms with van der Waals surface area (Å²) in [6, 6.07) is 0. The van der Waals surface area contributed by atoms with Crippen LogP contribution in [0, 0.1) is 17.3 Å². The van der Waals surface area contributed by atoms with Crippen LogP contribution in [-0.4, -0.2) is 23.3 Å². The molecule has 0 aromatic heterocycles. The minimum Gasteiger partial charge on any atom is -0.459 e. The Balaban J connectivity index is 2.08. The third-order valence-electron chi connectivity index (χ3n) is 4.36. The van der Waals surface area contributed by atoms with Crippen LogP contribution < -0.4 is 0 Å². The molecule has 0 aromatic rings. The van der Waals surface area contributed by atoms with Crippen molar-refractivity contribution in [1.29, 1.82) is 0 Å². The molecular formula is C10H14O3. The lowest BCUT2D eigenvalue weighted by Crippen LogP contribution is -2.54. The predicted octanol–water partition coefficient (Wildman–Crippen LogP) is 0.709. The molecule has 0 radical (unpaired) electrons. The quantitative estimate of drug-likeness (QED) is 0.561. The average molecular weight is 182 g/mol. The zero-order valence-corrected chi connectivity index (χ0v) is 7.69. The lowest BCUT2D eigenvalue weighted by molar-refractivity contribution is -0.150. The Morgan fingerprint density at radius 3 is 3.08 bits per heavy atom.